The smallest absolute Gasteiger partial charge is 0.258 e. The van der Waals surface area contributed by atoms with Crippen molar-refractivity contribution in [3.8, 4) is 11.5 Å². The topological polar surface area (TPSA) is 60.5 Å². The molecule has 0 fully saturated rings. The monoisotopic (exact) mass is 370 g/mol. The minimum atomic E-state index is -0.225. The maximum atomic E-state index is 11.9. The van der Waals surface area contributed by atoms with Crippen molar-refractivity contribution in [2.75, 3.05) is 19.8 Å². The zero-order valence-electron chi connectivity index (χ0n) is 14.4. The highest BCUT2D eigenvalue weighted by molar-refractivity contribution is 6.35. The molecule has 0 aliphatic heterocycles. The Bertz CT molecular complexity index is 897. The van der Waals surface area contributed by atoms with Crippen LogP contribution in [0.1, 0.15) is 5.56 Å². The molecule has 0 radical (unpaired) electrons. The summed E-state index contributed by atoms with van der Waals surface area (Å²) in [6.07, 6.45) is 1.66. The number of nitrogens with one attached hydrogen (secondary N) is 1. The molecule has 0 saturated heterocycles. The molecular weight excluding hydrogens is 352 g/mol. The largest absolute Gasteiger partial charge is 0.492 e. The molecule has 0 aliphatic rings. The molecule has 134 valence electrons. The number of aromatic nitrogens is 1. The van der Waals surface area contributed by atoms with Crippen LogP contribution in [0.5, 0.6) is 11.5 Å². The van der Waals surface area contributed by atoms with Gasteiger partial charge in [-0.3, -0.25) is 9.78 Å². The van der Waals surface area contributed by atoms with Crippen LogP contribution in [0.15, 0.2) is 54.7 Å². The lowest BCUT2D eigenvalue weighted by molar-refractivity contribution is -0.123. The van der Waals surface area contributed by atoms with Crippen LogP contribution < -0.4 is 14.8 Å². The summed E-state index contributed by atoms with van der Waals surface area (Å²) in [7, 11) is 0. The van der Waals surface area contributed by atoms with Crippen molar-refractivity contribution < 1.29 is 14.3 Å². The van der Waals surface area contributed by atoms with E-state index < -0.39 is 0 Å². The molecule has 0 bridgehead atoms. The number of fused-ring (bicyclic) bond motifs is 1. The van der Waals surface area contributed by atoms with Crippen LogP contribution in [-0.4, -0.2) is 30.6 Å². The Balaban J connectivity index is 1.46. The first-order valence-electron chi connectivity index (χ1n) is 8.26. The third kappa shape index (κ3) is 4.64. The van der Waals surface area contributed by atoms with Crippen molar-refractivity contribution in [1.82, 2.24) is 10.3 Å². The minimum Gasteiger partial charge on any atom is -0.492 e. The van der Waals surface area contributed by atoms with E-state index in [1.54, 1.807) is 24.4 Å². The number of halogens is 1. The average Bonchev–Trinajstić information content (AvgIpc) is 2.66. The van der Waals surface area contributed by atoms with Crippen molar-refractivity contribution >= 4 is 28.4 Å². The number of hydrogen-bond donors (Lipinski definition) is 1. The molecule has 1 amide bonds. The summed E-state index contributed by atoms with van der Waals surface area (Å²) in [4.78, 5) is 16.2. The highest BCUT2D eigenvalue weighted by Crippen LogP contribution is 2.29. The number of carbonyl (C=O) groups is 1. The zero-order valence-corrected chi connectivity index (χ0v) is 15.1. The zero-order chi connectivity index (χ0) is 18.4. The first kappa shape index (κ1) is 18.0. The molecule has 3 aromatic rings. The lowest BCUT2D eigenvalue weighted by atomic mass is 10.2. The van der Waals surface area contributed by atoms with Crippen LogP contribution in [0.2, 0.25) is 5.02 Å². The summed E-state index contributed by atoms with van der Waals surface area (Å²) in [5.74, 6) is 1.08. The van der Waals surface area contributed by atoms with Crippen molar-refractivity contribution in [3.63, 3.8) is 0 Å². The normalized spacial score (nSPS) is 10.5. The predicted molar refractivity (Wildman–Crippen MR) is 102 cm³/mol. The summed E-state index contributed by atoms with van der Waals surface area (Å²) >= 11 is 6.15. The summed E-state index contributed by atoms with van der Waals surface area (Å²) < 4.78 is 11.2. The molecule has 5 nitrogen and oxygen atoms in total. The third-order valence-electron chi connectivity index (χ3n) is 3.75. The van der Waals surface area contributed by atoms with Crippen LogP contribution in [0.3, 0.4) is 0 Å². The maximum absolute atomic E-state index is 11.9. The van der Waals surface area contributed by atoms with Gasteiger partial charge in [0.25, 0.3) is 5.91 Å². The van der Waals surface area contributed by atoms with E-state index in [0.29, 0.717) is 29.4 Å². The van der Waals surface area contributed by atoms with Gasteiger partial charge in [-0.25, -0.2) is 0 Å². The second-order valence-electron chi connectivity index (χ2n) is 5.75. The van der Waals surface area contributed by atoms with E-state index in [1.807, 2.05) is 37.3 Å². The fraction of sp³-hybridized carbons (Fsp3) is 0.200. The average molecular weight is 371 g/mol. The van der Waals surface area contributed by atoms with Crippen LogP contribution >= 0.6 is 11.6 Å². The Morgan fingerprint density at radius 2 is 1.92 bits per heavy atom. The van der Waals surface area contributed by atoms with Gasteiger partial charge in [0.15, 0.2) is 6.61 Å². The van der Waals surface area contributed by atoms with Gasteiger partial charge in [-0.05, 0) is 43.3 Å². The van der Waals surface area contributed by atoms with Gasteiger partial charge in [-0.2, -0.15) is 0 Å². The Morgan fingerprint density at radius 1 is 1.12 bits per heavy atom. The van der Waals surface area contributed by atoms with E-state index in [9.17, 15) is 4.79 Å². The molecule has 0 unspecified atom stereocenters. The molecular formula is C20H19ClN2O3. The highest BCUT2D eigenvalue weighted by atomic mass is 35.5. The van der Waals surface area contributed by atoms with Crippen LogP contribution in [0, 0.1) is 6.92 Å². The lowest BCUT2D eigenvalue weighted by Crippen LogP contribution is -2.32. The minimum absolute atomic E-state index is 0.0994. The Morgan fingerprint density at radius 3 is 2.73 bits per heavy atom. The third-order valence-corrected chi connectivity index (χ3v) is 4.08. The van der Waals surface area contributed by atoms with E-state index >= 15 is 0 Å². The van der Waals surface area contributed by atoms with Gasteiger partial charge in [0.2, 0.25) is 0 Å². The molecule has 0 aliphatic carbocycles. The number of ether oxygens (including phenoxy) is 2. The number of benzene rings is 2. The first-order chi connectivity index (χ1) is 12.6. The maximum Gasteiger partial charge on any atom is 0.258 e. The molecule has 1 N–H and O–H groups in total. The summed E-state index contributed by atoms with van der Waals surface area (Å²) in [6, 6.07) is 14.9. The van der Waals surface area contributed by atoms with Crippen molar-refractivity contribution in [2.24, 2.45) is 0 Å². The van der Waals surface area contributed by atoms with E-state index in [2.05, 4.69) is 10.3 Å². The second-order valence-corrected chi connectivity index (χ2v) is 6.15. The second kappa shape index (κ2) is 8.54. The van der Waals surface area contributed by atoms with Crippen molar-refractivity contribution in [1.29, 1.82) is 0 Å². The van der Waals surface area contributed by atoms with Gasteiger partial charge in [0.05, 0.1) is 11.6 Å². The molecule has 2 aromatic carbocycles. The van der Waals surface area contributed by atoms with Gasteiger partial charge >= 0.3 is 0 Å². The summed E-state index contributed by atoms with van der Waals surface area (Å²) in [5, 5.41) is 4.14. The quantitative estimate of drug-likeness (QED) is 0.643. The molecule has 0 spiro atoms. The van der Waals surface area contributed by atoms with Crippen LogP contribution in [0.4, 0.5) is 0 Å². The van der Waals surface area contributed by atoms with Gasteiger partial charge < -0.3 is 14.8 Å². The predicted octanol–water partition coefficient (Wildman–Crippen LogP) is 3.77. The van der Waals surface area contributed by atoms with Gasteiger partial charge in [0, 0.05) is 11.6 Å². The van der Waals surface area contributed by atoms with Gasteiger partial charge in [0.1, 0.15) is 23.6 Å². The molecule has 0 saturated carbocycles. The molecule has 0 atom stereocenters. The van der Waals surface area contributed by atoms with E-state index in [-0.39, 0.29) is 12.5 Å². The van der Waals surface area contributed by atoms with Gasteiger partial charge in [-0.15, -0.1) is 0 Å². The number of nitrogens with zero attached hydrogens (tertiary/aromatic N) is 1. The summed E-state index contributed by atoms with van der Waals surface area (Å²) in [5.41, 5.74) is 1.81. The first-order valence-corrected chi connectivity index (χ1v) is 8.63. The van der Waals surface area contributed by atoms with E-state index in [1.165, 1.54) is 5.56 Å². The molecule has 26 heavy (non-hydrogen) atoms. The lowest BCUT2D eigenvalue weighted by Gasteiger charge is -2.10. The number of pyridine rings is 1. The van der Waals surface area contributed by atoms with E-state index in [0.717, 1.165) is 11.1 Å². The Hall–Kier alpha value is -2.79. The summed E-state index contributed by atoms with van der Waals surface area (Å²) in [6.45, 7) is 2.71. The van der Waals surface area contributed by atoms with E-state index in [4.69, 9.17) is 21.1 Å². The number of rotatable bonds is 7. The SMILES string of the molecule is Cc1ccc(OCCNC(=O)COc2ccc(Cl)c3cccnc23)cc1. The number of carbonyl (C=O) groups excluding carboxylic acids is 1. The fourth-order valence-corrected chi connectivity index (χ4v) is 2.63. The van der Waals surface area contributed by atoms with Crippen LogP contribution in [0.25, 0.3) is 10.9 Å². The number of aryl methyl sites for hydroxylation is 1. The molecule has 3 rings (SSSR count). The molecule has 1 heterocycles. The number of hydrogen-bond acceptors (Lipinski definition) is 4. The fourth-order valence-electron chi connectivity index (χ4n) is 2.42. The van der Waals surface area contributed by atoms with Crippen molar-refractivity contribution in [3.05, 3.63) is 65.3 Å². The van der Waals surface area contributed by atoms with Crippen molar-refractivity contribution in [2.45, 2.75) is 6.92 Å². The molecule has 1 aromatic heterocycles. The standard InChI is InChI=1S/C20H19ClN2O3/c1-14-4-6-15(7-5-14)25-12-11-22-19(24)13-26-18-9-8-17(21)16-3-2-10-23-20(16)18/h2-10H,11-13H2,1H3,(H,22,24). The van der Waals surface area contributed by atoms with Crippen LogP contribution in [-0.2, 0) is 4.79 Å². The number of amides is 1. The van der Waals surface area contributed by atoms with Gasteiger partial charge in [-0.1, -0.05) is 29.3 Å². The highest BCUT2D eigenvalue weighted by Gasteiger charge is 2.09. The molecule has 6 heteroatoms. The Kier molecular flexibility index (Phi) is 5.92. The Labute approximate surface area is 156 Å².